The van der Waals surface area contributed by atoms with Crippen LogP contribution in [0.2, 0.25) is 0 Å². The number of aromatic nitrogens is 1. The highest BCUT2D eigenvalue weighted by molar-refractivity contribution is 5.44. The van der Waals surface area contributed by atoms with Crippen LogP contribution in [0.4, 0.5) is 8.78 Å². The van der Waals surface area contributed by atoms with Gasteiger partial charge in [-0.15, -0.1) is 0 Å². The van der Waals surface area contributed by atoms with Crippen LogP contribution in [0.3, 0.4) is 0 Å². The number of nitrogens with zero attached hydrogens (tertiary/aromatic N) is 1. The predicted molar refractivity (Wildman–Crippen MR) is 68.3 cm³/mol. The molecule has 0 fully saturated rings. The van der Waals surface area contributed by atoms with E-state index in [-0.39, 0.29) is 5.69 Å². The molecule has 100 valence electrons. The van der Waals surface area contributed by atoms with E-state index in [9.17, 15) is 13.9 Å². The summed E-state index contributed by atoms with van der Waals surface area (Å²) in [7, 11) is 0. The fourth-order valence-electron chi connectivity index (χ4n) is 2.74. The maximum Gasteiger partial charge on any atom is 0.153 e. The summed E-state index contributed by atoms with van der Waals surface area (Å²) in [6.07, 6.45) is 3.37. The van der Waals surface area contributed by atoms with E-state index < -0.39 is 17.7 Å². The van der Waals surface area contributed by atoms with E-state index in [1.165, 1.54) is 16.7 Å². The molecule has 0 amide bonds. The quantitative estimate of drug-likeness (QED) is 0.837. The third-order valence-electron chi connectivity index (χ3n) is 3.78. The molecule has 2 aromatic rings. The zero-order chi connectivity index (χ0) is 13.6. The van der Waals surface area contributed by atoms with E-state index in [2.05, 4.69) is 0 Å². The Kier molecular flexibility index (Phi) is 2.90. The second-order valence-corrected chi connectivity index (χ2v) is 5.02. The van der Waals surface area contributed by atoms with Crippen LogP contribution >= 0.6 is 0 Å². The number of aliphatic hydroxyl groups is 1. The van der Waals surface area contributed by atoms with Crippen LogP contribution in [0.15, 0.2) is 24.4 Å². The van der Waals surface area contributed by atoms with E-state index >= 15 is 0 Å². The summed E-state index contributed by atoms with van der Waals surface area (Å²) in [5.41, 5.74) is 1.96. The number of aliphatic hydroxyl groups excluding tert-OH is 1. The SMILES string of the molecule is Cc1ccc(F)c(-n2ccc3c2CCCC3O)c1F. The van der Waals surface area contributed by atoms with Crippen LogP contribution in [0.25, 0.3) is 5.69 Å². The molecule has 0 radical (unpaired) electrons. The summed E-state index contributed by atoms with van der Waals surface area (Å²) in [6, 6.07) is 4.46. The average Bonchev–Trinajstić information content (AvgIpc) is 2.80. The normalized spacial score (nSPS) is 18.4. The maximum atomic E-state index is 14.2. The molecular formula is C15H15F2NO. The van der Waals surface area contributed by atoms with Gasteiger partial charge in [0.2, 0.25) is 0 Å². The highest BCUT2D eigenvalue weighted by Crippen LogP contribution is 2.33. The minimum absolute atomic E-state index is 0.0460. The zero-order valence-corrected chi connectivity index (χ0v) is 10.7. The van der Waals surface area contributed by atoms with Crippen molar-refractivity contribution in [1.82, 2.24) is 4.57 Å². The largest absolute Gasteiger partial charge is 0.388 e. The van der Waals surface area contributed by atoms with Crippen molar-refractivity contribution in [2.75, 3.05) is 0 Å². The summed E-state index contributed by atoms with van der Waals surface area (Å²) < 4.78 is 29.6. The van der Waals surface area contributed by atoms with Gasteiger partial charge in [-0.3, -0.25) is 0 Å². The Balaban J connectivity index is 2.21. The first kappa shape index (κ1) is 12.4. The van der Waals surface area contributed by atoms with Crippen LogP contribution in [-0.4, -0.2) is 9.67 Å². The van der Waals surface area contributed by atoms with E-state index in [0.29, 0.717) is 12.0 Å². The van der Waals surface area contributed by atoms with Gasteiger partial charge in [-0.2, -0.15) is 0 Å². The number of hydrogen-bond donors (Lipinski definition) is 1. The summed E-state index contributed by atoms with van der Waals surface area (Å²) >= 11 is 0. The van der Waals surface area contributed by atoms with Crippen LogP contribution in [-0.2, 0) is 6.42 Å². The first-order valence-electron chi connectivity index (χ1n) is 6.42. The Morgan fingerprint density at radius 2 is 2.05 bits per heavy atom. The molecule has 4 heteroatoms. The van der Waals surface area contributed by atoms with E-state index in [0.717, 1.165) is 24.1 Å². The summed E-state index contributed by atoms with van der Waals surface area (Å²) in [6.45, 7) is 1.61. The molecule has 2 nitrogen and oxygen atoms in total. The second-order valence-electron chi connectivity index (χ2n) is 5.02. The lowest BCUT2D eigenvalue weighted by Gasteiger charge is -2.20. The fraction of sp³-hybridized carbons (Fsp3) is 0.333. The van der Waals surface area contributed by atoms with Gasteiger partial charge in [-0.25, -0.2) is 8.78 Å². The molecule has 1 aliphatic rings. The molecule has 1 aromatic heterocycles. The van der Waals surface area contributed by atoms with Crippen molar-refractivity contribution >= 4 is 0 Å². The van der Waals surface area contributed by atoms with Gasteiger partial charge in [0.15, 0.2) is 5.82 Å². The lowest BCUT2D eigenvalue weighted by molar-refractivity contribution is 0.156. The first-order valence-corrected chi connectivity index (χ1v) is 6.42. The molecule has 1 aromatic carbocycles. The van der Waals surface area contributed by atoms with Crippen molar-refractivity contribution in [3.63, 3.8) is 0 Å². The molecule has 1 aliphatic carbocycles. The lowest BCUT2D eigenvalue weighted by Crippen LogP contribution is -2.13. The molecule has 0 saturated carbocycles. The van der Waals surface area contributed by atoms with Crippen molar-refractivity contribution < 1.29 is 13.9 Å². The Labute approximate surface area is 110 Å². The Morgan fingerprint density at radius 3 is 2.84 bits per heavy atom. The van der Waals surface area contributed by atoms with Crippen molar-refractivity contribution in [3.8, 4) is 5.69 Å². The monoisotopic (exact) mass is 263 g/mol. The molecule has 0 saturated heterocycles. The van der Waals surface area contributed by atoms with Crippen molar-refractivity contribution in [2.45, 2.75) is 32.3 Å². The Bertz CT molecular complexity index is 633. The highest BCUT2D eigenvalue weighted by atomic mass is 19.1. The topological polar surface area (TPSA) is 25.2 Å². The zero-order valence-electron chi connectivity index (χ0n) is 10.7. The molecule has 1 N–H and O–H groups in total. The summed E-state index contributed by atoms with van der Waals surface area (Å²) in [5.74, 6) is -1.12. The number of rotatable bonds is 1. The van der Waals surface area contributed by atoms with E-state index in [1.54, 1.807) is 19.2 Å². The smallest absolute Gasteiger partial charge is 0.153 e. The lowest BCUT2D eigenvalue weighted by atomic mass is 9.95. The summed E-state index contributed by atoms with van der Waals surface area (Å²) in [5, 5.41) is 9.91. The minimum Gasteiger partial charge on any atom is -0.388 e. The maximum absolute atomic E-state index is 14.2. The van der Waals surface area contributed by atoms with Gasteiger partial charge in [0.05, 0.1) is 6.10 Å². The number of aryl methyl sites for hydroxylation is 1. The van der Waals surface area contributed by atoms with Gasteiger partial charge >= 0.3 is 0 Å². The molecule has 1 atom stereocenters. The molecule has 1 heterocycles. The van der Waals surface area contributed by atoms with Crippen molar-refractivity contribution in [3.05, 3.63) is 52.9 Å². The molecule has 1 unspecified atom stereocenters. The minimum atomic E-state index is -0.582. The van der Waals surface area contributed by atoms with Gasteiger partial charge in [-0.1, -0.05) is 6.07 Å². The summed E-state index contributed by atoms with van der Waals surface area (Å²) in [4.78, 5) is 0. The van der Waals surface area contributed by atoms with Crippen molar-refractivity contribution in [2.24, 2.45) is 0 Å². The third kappa shape index (κ3) is 1.87. The van der Waals surface area contributed by atoms with Crippen molar-refractivity contribution in [1.29, 1.82) is 0 Å². The fourth-order valence-corrected chi connectivity index (χ4v) is 2.74. The van der Waals surface area contributed by atoms with Gasteiger partial charge in [0, 0.05) is 17.5 Å². The van der Waals surface area contributed by atoms with Gasteiger partial charge in [0.1, 0.15) is 11.5 Å². The molecule has 3 rings (SSSR count). The highest BCUT2D eigenvalue weighted by Gasteiger charge is 2.24. The molecular weight excluding hydrogens is 248 g/mol. The molecule has 0 aliphatic heterocycles. The number of benzene rings is 1. The Hall–Kier alpha value is -1.68. The van der Waals surface area contributed by atoms with Crippen LogP contribution in [0, 0.1) is 18.6 Å². The van der Waals surface area contributed by atoms with Crippen LogP contribution in [0.5, 0.6) is 0 Å². The van der Waals surface area contributed by atoms with Crippen LogP contribution < -0.4 is 0 Å². The van der Waals surface area contributed by atoms with E-state index in [4.69, 9.17) is 0 Å². The standard InChI is InChI=1S/C15H15F2NO/c1-9-5-6-11(16)15(14(9)17)18-8-7-10-12(18)3-2-4-13(10)19/h5-8,13,19H,2-4H2,1H3. The van der Waals surface area contributed by atoms with Gasteiger partial charge < -0.3 is 9.67 Å². The average molecular weight is 263 g/mol. The second kappa shape index (κ2) is 4.46. The number of hydrogen-bond acceptors (Lipinski definition) is 1. The molecule has 0 spiro atoms. The van der Waals surface area contributed by atoms with Gasteiger partial charge in [-0.05, 0) is 43.9 Å². The number of halogens is 2. The third-order valence-corrected chi connectivity index (χ3v) is 3.78. The van der Waals surface area contributed by atoms with Gasteiger partial charge in [0.25, 0.3) is 0 Å². The van der Waals surface area contributed by atoms with E-state index in [1.807, 2.05) is 0 Å². The Morgan fingerprint density at radius 1 is 1.26 bits per heavy atom. The van der Waals surface area contributed by atoms with Crippen LogP contribution in [0.1, 0.15) is 35.8 Å². The predicted octanol–water partition coefficient (Wildman–Crippen LogP) is 3.43. The number of fused-ring (bicyclic) bond motifs is 1. The first-order chi connectivity index (χ1) is 9.09. The molecule has 0 bridgehead atoms. The molecule has 19 heavy (non-hydrogen) atoms.